The highest BCUT2D eigenvalue weighted by molar-refractivity contribution is 5.35. The molecule has 4 nitrogen and oxygen atoms in total. The molecular formula is C17H26N2O2. The van der Waals surface area contributed by atoms with E-state index in [9.17, 15) is 10.1 Å². The van der Waals surface area contributed by atoms with E-state index < -0.39 is 0 Å². The standard InChI is InChI=1S/C17H26N2O2/c1-4-17(14-6-5-7-16(11-14)19(20)21)18-15-9-12(2)8-13(3)10-15/h5-7,11-13,15,17-18H,4,8-10H2,1-3H3. The van der Waals surface area contributed by atoms with Crippen molar-refractivity contribution in [3.63, 3.8) is 0 Å². The third kappa shape index (κ3) is 4.27. The highest BCUT2D eigenvalue weighted by Gasteiger charge is 2.26. The van der Waals surface area contributed by atoms with E-state index in [0.717, 1.165) is 23.8 Å². The number of non-ortho nitro benzene ring substituents is 1. The molecule has 21 heavy (non-hydrogen) atoms. The summed E-state index contributed by atoms with van der Waals surface area (Å²) >= 11 is 0. The lowest BCUT2D eigenvalue weighted by Crippen LogP contribution is -2.38. The van der Waals surface area contributed by atoms with Crippen LogP contribution in [0.25, 0.3) is 0 Å². The second-order valence-electron chi connectivity index (χ2n) is 6.59. The molecular weight excluding hydrogens is 264 g/mol. The van der Waals surface area contributed by atoms with E-state index in [1.807, 2.05) is 6.07 Å². The van der Waals surface area contributed by atoms with Gasteiger partial charge in [-0.2, -0.15) is 0 Å². The van der Waals surface area contributed by atoms with E-state index in [2.05, 4.69) is 26.1 Å². The Morgan fingerprint density at radius 3 is 2.52 bits per heavy atom. The number of nitro benzene ring substituents is 1. The normalized spacial score (nSPS) is 27.3. The fraction of sp³-hybridized carbons (Fsp3) is 0.647. The molecule has 0 spiro atoms. The topological polar surface area (TPSA) is 55.2 Å². The number of hydrogen-bond acceptors (Lipinski definition) is 3. The van der Waals surface area contributed by atoms with Gasteiger partial charge in [0, 0.05) is 24.2 Å². The van der Waals surface area contributed by atoms with Crippen LogP contribution in [0.4, 0.5) is 5.69 Å². The van der Waals surface area contributed by atoms with E-state index in [-0.39, 0.29) is 16.7 Å². The van der Waals surface area contributed by atoms with E-state index in [1.165, 1.54) is 19.3 Å². The van der Waals surface area contributed by atoms with Gasteiger partial charge < -0.3 is 5.32 Å². The largest absolute Gasteiger partial charge is 0.307 e. The molecule has 116 valence electrons. The van der Waals surface area contributed by atoms with Crippen LogP contribution in [-0.2, 0) is 0 Å². The second kappa shape index (κ2) is 7.03. The summed E-state index contributed by atoms with van der Waals surface area (Å²) in [5.41, 5.74) is 1.20. The summed E-state index contributed by atoms with van der Waals surface area (Å²) in [6.45, 7) is 6.77. The van der Waals surface area contributed by atoms with Gasteiger partial charge in [-0.05, 0) is 43.1 Å². The number of nitrogens with one attached hydrogen (secondary N) is 1. The molecule has 0 bridgehead atoms. The molecule has 1 fully saturated rings. The van der Waals surface area contributed by atoms with Gasteiger partial charge >= 0.3 is 0 Å². The van der Waals surface area contributed by atoms with Crippen molar-refractivity contribution in [2.24, 2.45) is 11.8 Å². The summed E-state index contributed by atoms with van der Waals surface area (Å²) in [6.07, 6.45) is 4.66. The Hall–Kier alpha value is -1.42. The Kier molecular flexibility index (Phi) is 5.34. The maximum absolute atomic E-state index is 10.9. The van der Waals surface area contributed by atoms with Crippen LogP contribution in [0.15, 0.2) is 24.3 Å². The van der Waals surface area contributed by atoms with Crippen LogP contribution in [0.2, 0.25) is 0 Å². The van der Waals surface area contributed by atoms with Gasteiger partial charge in [-0.3, -0.25) is 10.1 Å². The number of benzene rings is 1. The molecule has 0 saturated heterocycles. The number of nitrogens with zero attached hydrogens (tertiary/aromatic N) is 1. The first-order valence-electron chi connectivity index (χ1n) is 8.00. The van der Waals surface area contributed by atoms with Gasteiger partial charge in [0.15, 0.2) is 0 Å². The molecule has 4 heteroatoms. The van der Waals surface area contributed by atoms with Gasteiger partial charge in [0.2, 0.25) is 0 Å². The van der Waals surface area contributed by atoms with Crippen molar-refractivity contribution < 1.29 is 4.92 Å². The lowest BCUT2D eigenvalue weighted by atomic mass is 9.80. The van der Waals surface area contributed by atoms with E-state index >= 15 is 0 Å². The van der Waals surface area contributed by atoms with Crippen LogP contribution in [0, 0.1) is 22.0 Å². The molecule has 0 amide bonds. The van der Waals surface area contributed by atoms with Gasteiger partial charge in [-0.1, -0.05) is 32.9 Å². The molecule has 0 heterocycles. The summed E-state index contributed by atoms with van der Waals surface area (Å²) in [7, 11) is 0. The van der Waals surface area contributed by atoms with Crippen molar-refractivity contribution >= 4 is 5.69 Å². The third-order valence-electron chi connectivity index (χ3n) is 4.51. The van der Waals surface area contributed by atoms with Crippen LogP contribution in [0.1, 0.15) is 58.1 Å². The number of rotatable bonds is 5. The minimum absolute atomic E-state index is 0.179. The third-order valence-corrected chi connectivity index (χ3v) is 4.51. The van der Waals surface area contributed by atoms with Crippen molar-refractivity contribution in [2.45, 2.75) is 58.5 Å². The molecule has 1 aliphatic rings. The first-order valence-corrected chi connectivity index (χ1v) is 8.00. The quantitative estimate of drug-likeness (QED) is 0.643. The SMILES string of the molecule is CCC(NC1CC(C)CC(C)C1)c1cccc([N+](=O)[O-])c1. The molecule has 1 aromatic carbocycles. The molecule has 0 aliphatic heterocycles. The highest BCUT2D eigenvalue weighted by atomic mass is 16.6. The molecule has 3 atom stereocenters. The molecule has 0 radical (unpaired) electrons. The zero-order chi connectivity index (χ0) is 15.4. The van der Waals surface area contributed by atoms with Gasteiger partial charge in [-0.25, -0.2) is 0 Å². The molecule has 0 aromatic heterocycles. The maximum atomic E-state index is 10.9. The molecule has 1 saturated carbocycles. The van der Waals surface area contributed by atoms with Gasteiger partial charge in [0.1, 0.15) is 0 Å². The second-order valence-corrected chi connectivity index (χ2v) is 6.59. The smallest absolute Gasteiger partial charge is 0.269 e. The van der Waals surface area contributed by atoms with Crippen LogP contribution in [0.5, 0.6) is 0 Å². The maximum Gasteiger partial charge on any atom is 0.269 e. The van der Waals surface area contributed by atoms with Crippen LogP contribution < -0.4 is 5.32 Å². The summed E-state index contributed by atoms with van der Waals surface area (Å²) in [4.78, 5) is 10.6. The van der Waals surface area contributed by atoms with Gasteiger partial charge in [0.25, 0.3) is 5.69 Å². The van der Waals surface area contributed by atoms with Gasteiger partial charge in [-0.15, -0.1) is 0 Å². The first-order chi connectivity index (χ1) is 9.99. The monoisotopic (exact) mass is 290 g/mol. The fourth-order valence-electron chi connectivity index (χ4n) is 3.67. The van der Waals surface area contributed by atoms with Crippen molar-refractivity contribution in [2.75, 3.05) is 0 Å². The van der Waals surface area contributed by atoms with Crippen LogP contribution in [0.3, 0.4) is 0 Å². The molecule has 2 rings (SSSR count). The Morgan fingerprint density at radius 2 is 1.95 bits per heavy atom. The summed E-state index contributed by atoms with van der Waals surface area (Å²) in [5.74, 6) is 1.52. The van der Waals surface area contributed by atoms with Crippen molar-refractivity contribution in [3.8, 4) is 0 Å². The Labute approximate surface area is 127 Å². The van der Waals surface area contributed by atoms with Crippen LogP contribution >= 0.6 is 0 Å². The lowest BCUT2D eigenvalue weighted by molar-refractivity contribution is -0.384. The molecule has 3 unspecified atom stereocenters. The number of nitro groups is 1. The zero-order valence-electron chi connectivity index (χ0n) is 13.2. The van der Waals surface area contributed by atoms with Crippen LogP contribution in [-0.4, -0.2) is 11.0 Å². The lowest BCUT2D eigenvalue weighted by Gasteiger charge is -2.34. The Balaban J connectivity index is 2.09. The summed E-state index contributed by atoms with van der Waals surface area (Å²) < 4.78 is 0. The summed E-state index contributed by atoms with van der Waals surface area (Å²) in [5, 5.41) is 14.7. The van der Waals surface area contributed by atoms with E-state index in [1.54, 1.807) is 18.2 Å². The molecule has 1 N–H and O–H groups in total. The predicted octanol–water partition coefficient (Wildman–Crippen LogP) is 4.46. The van der Waals surface area contributed by atoms with E-state index in [4.69, 9.17) is 0 Å². The van der Waals surface area contributed by atoms with Gasteiger partial charge in [0.05, 0.1) is 4.92 Å². The van der Waals surface area contributed by atoms with Crippen molar-refractivity contribution in [1.29, 1.82) is 0 Å². The molecule has 1 aromatic rings. The average molecular weight is 290 g/mol. The Bertz CT molecular complexity index is 479. The van der Waals surface area contributed by atoms with Crippen molar-refractivity contribution in [3.05, 3.63) is 39.9 Å². The first kappa shape index (κ1) is 16.0. The van der Waals surface area contributed by atoms with Crippen molar-refractivity contribution in [1.82, 2.24) is 5.32 Å². The summed E-state index contributed by atoms with van der Waals surface area (Å²) in [6, 6.07) is 7.76. The Morgan fingerprint density at radius 1 is 1.29 bits per heavy atom. The molecule has 1 aliphatic carbocycles. The minimum Gasteiger partial charge on any atom is -0.307 e. The fourth-order valence-corrected chi connectivity index (χ4v) is 3.67. The predicted molar refractivity (Wildman–Crippen MR) is 85.2 cm³/mol. The minimum atomic E-state index is -0.318. The average Bonchev–Trinajstić information content (AvgIpc) is 2.44. The highest BCUT2D eigenvalue weighted by Crippen LogP contribution is 2.31. The van der Waals surface area contributed by atoms with E-state index in [0.29, 0.717) is 6.04 Å². The number of hydrogen-bond donors (Lipinski definition) is 1. The zero-order valence-corrected chi connectivity index (χ0v) is 13.2.